The van der Waals surface area contributed by atoms with Crippen LogP contribution in [-0.4, -0.2) is 25.5 Å². The second-order valence-electron chi connectivity index (χ2n) is 4.63. The molecular weight excluding hydrogens is 290 g/mol. The van der Waals surface area contributed by atoms with Crippen molar-refractivity contribution >= 4 is 10.0 Å². The Balaban J connectivity index is 2.23. The van der Waals surface area contributed by atoms with Crippen molar-refractivity contribution in [3.05, 3.63) is 47.5 Å². The van der Waals surface area contributed by atoms with Crippen LogP contribution < -0.4 is 9.46 Å². The quantitative estimate of drug-likeness (QED) is 0.907. The van der Waals surface area contributed by atoms with E-state index in [2.05, 4.69) is 14.7 Å². The molecule has 0 aliphatic carbocycles. The third-order valence-electron chi connectivity index (χ3n) is 2.91. The van der Waals surface area contributed by atoms with Gasteiger partial charge in [-0.1, -0.05) is 6.07 Å². The number of hydrogen-bond acceptors (Lipinski definition) is 5. The summed E-state index contributed by atoms with van der Waals surface area (Å²) in [5.41, 5.74) is 2.32. The first-order chi connectivity index (χ1) is 9.92. The average molecular weight is 307 g/mol. The summed E-state index contributed by atoms with van der Waals surface area (Å²) in [6.07, 6.45) is 1.41. The third kappa shape index (κ3) is 3.77. The van der Waals surface area contributed by atoms with Crippen molar-refractivity contribution in [2.45, 2.75) is 25.3 Å². The average Bonchev–Trinajstić information content (AvgIpc) is 2.45. The SMILES string of the molecule is COc1cc(C)ccc1S(=O)(=O)NCc1cc(C)ncn1. The Morgan fingerprint density at radius 3 is 2.62 bits per heavy atom. The molecule has 0 aliphatic rings. The Kier molecular flexibility index (Phi) is 4.54. The van der Waals surface area contributed by atoms with Crippen molar-refractivity contribution in [3.63, 3.8) is 0 Å². The first-order valence-electron chi connectivity index (χ1n) is 6.34. The molecule has 0 atom stereocenters. The van der Waals surface area contributed by atoms with E-state index in [1.807, 2.05) is 13.8 Å². The molecule has 0 saturated carbocycles. The van der Waals surface area contributed by atoms with Crippen LogP contribution in [0.25, 0.3) is 0 Å². The number of aromatic nitrogens is 2. The zero-order valence-electron chi connectivity index (χ0n) is 12.1. The third-order valence-corrected chi connectivity index (χ3v) is 4.35. The molecule has 0 radical (unpaired) electrons. The van der Waals surface area contributed by atoms with Crippen LogP contribution in [0, 0.1) is 13.8 Å². The van der Waals surface area contributed by atoms with E-state index in [0.29, 0.717) is 11.4 Å². The summed E-state index contributed by atoms with van der Waals surface area (Å²) in [4.78, 5) is 8.11. The summed E-state index contributed by atoms with van der Waals surface area (Å²) in [5.74, 6) is 0.321. The number of rotatable bonds is 5. The monoisotopic (exact) mass is 307 g/mol. The smallest absolute Gasteiger partial charge is 0.244 e. The van der Waals surface area contributed by atoms with Gasteiger partial charge in [0.15, 0.2) is 0 Å². The van der Waals surface area contributed by atoms with Crippen LogP contribution in [0.2, 0.25) is 0 Å². The summed E-state index contributed by atoms with van der Waals surface area (Å²) < 4.78 is 32.3. The number of nitrogens with one attached hydrogen (secondary N) is 1. The van der Waals surface area contributed by atoms with Gasteiger partial charge in [0.1, 0.15) is 17.0 Å². The standard InChI is InChI=1S/C14H17N3O3S/c1-10-4-5-14(13(6-10)20-3)21(18,19)17-8-12-7-11(2)15-9-16-12/h4-7,9,17H,8H2,1-3H3. The molecule has 0 spiro atoms. The summed E-state index contributed by atoms with van der Waals surface area (Å²) in [5, 5.41) is 0. The molecular formula is C14H17N3O3S. The number of aryl methyl sites for hydroxylation is 2. The predicted molar refractivity (Wildman–Crippen MR) is 78.5 cm³/mol. The maximum atomic E-state index is 12.3. The molecule has 1 aromatic carbocycles. The highest BCUT2D eigenvalue weighted by molar-refractivity contribution is 7.89. The molecule has 2 aromatic rings. The Labute approximate surface area is 124 Å². The molecule has 7 heteroatoms. The van der Waals surface area contributed by atoms with Crippen LogP contribution in [-0.2, 0) is 16.6 Å². The minimum Gasteiger partial charge on any atom is -0.495 e. The Bertz CT molecular complexity index is 745. The first kappa shape index (κ1) is 15.4. The van der Waals surface area contributed by atoms with E-state index < -0.39 is 10.0 Å². The van der Waals surface area contributed by atoms with E-state index in [9.17, 15) is 8.42 Å². The number of nitrogens with zero attached hydrogens (tertiary/aromatic N) is 2. The minimum absolute atomic E-state index is 0.0999. The highest BCUT2D eigenvalue weighted by Crippen LogP contribution is 2.24. The number of benzene rings is 1. The molecule has 0 aliphatic heterocycles. The molecule has 0 bridgehead atoms. The van der Waals surface area contributed by atoms with Gasteiger partial charge in [-0.05, 0) is 37.6 Å². The molecule has 1 aromatic heterocycles. The van der Waals surface area contributed by atoms with Gasteiger partial charge in [0.25, 0.3) is 0 Å². The lowest BCUT2D eigenvalue weighted by molar-refractivity contribution is 0.402. The van der Waals surface area contributed by atoms with E-state index in [0.717, 1.165) is 11.3 Å². The van der Waals surface area contributed by atoms with Crippen LogP contribution in [0.3, 0.4) is 0 Å². The number of sulfonamides is 1. The fraction of sp³-hybridized carbons (Fsp3) is 0.286. The summed E-state index contributed by atoms with van der Waals surface area (Å²) >= 11 is 0. The molecule has 0 fully saturated rings. The zero-order chi connectivity index (χ0) is 15.5. The largest absolute Gasteiger partial charge is 0.495 e. The van der Waals surface area contributed by atoms with E-state index in [1.54, 1.807) is 18.2 Å². The Morgan fingerprint density at radius 2 is 1.95 bits per heavy atom. The van der Waals surface area contributed by atoms with Gasteiger partial charge < -0.3 is 4.74 Å². The van der Waals surface area contributed by atoms with E-state index >= 15 is 0 Å². The molecule has 0 saturated heterocycles. The maximum Gasteiger partial charge on any atom is 0.244 e. The van der Waals surface area contributed by atoms with E-state index in [4.69, 9.17) is 4.74 Å². The Hall–Kier alpha value is -1.99. The van der Waals surface area contributed by atoms with E-state index in [-0.39, 0.29) is 11.4 Å². The molecule has 1 N–H and O–H groups in total. The topological polar surface area (TPSA) is 81.2 Å². The lowest BCUT2D eigenvalue weighted by Crippen LogP contribution is -2.24. The van der Waals surface area contributed by atoms with Gasteiger partial charge >= 0.3 is 0 Å². The predicted octanol–water partition coefficient (Wildman–Crippen LogP) is 1.58. The molecule has 0 amide bonds. The second kappa shape index (κ2) is 6.19. The van der Waals surface area contributed by atoms with Gasteiger partial charge in [-0.25, -0.2) is 23.1 Å². The fourth-order valence-electron chi connectivity index (χ4n) is 1.85. The van der Waals surface area contributed by atoms with Crippen LogP contribution in [0.5, 0.6) is 5.75 Å². The second-order valence-corrected chi connectivity index (χ2v) is 6.36. The number of ether oxygens (including phenoxy) is 1. The molecule has 0 unspecified atom stereocenters. The van der Waals surface area contributed by atoms with Gasteiger partial charge in [-0.3, -0.25) is 0 Å². The minimum atomic E-state index is -3.67. The normalized spacial score (nSPS) is 11.4. The summed E-state index contributed by atoms with van der Waals surface area (Å²) in [6, 6.07) is 6.67. The number of methoxy groups -OCH3 is 1. The lowest BCUT2D eigenvalue weighted by Gasteiger charge is -2.11. The molecule has 21 heavy (non-hydrogen) atoms. The molecule has 1 heterocycles. The van der Waals surface area contributed by atoms with Crippen molar-refractivity contribution in [3.8, 4) is 5.75 Å². The first-order valence-corrected chi connectivity index (χ1v) is 7.82. The van der Waals surface area contributed by atoms with Crippen LogP contribution in [0.15, 0.2) is 35.5 Å². The fourth-order valence-corrected chi connectivity index (χ4v) is 3.00. The molecule has 6 nitrogen and oxygen atoms in total. The number of hydrogen-bond donors (Lipinski definition) is 1. The van der Waals surface area contributed by atoms with Gasteiger partial charge in [0.05, 0.1) is 19.3 Å². The van der Waals surface area contributed by atoms with Crippen molar-refractivity contribution in [1.82, 2.24) is 14.7 Å². The highest BCUT2D eigenvalue weighted by Gasteiger charge is 2.19. The Morgan fingerprint density at radius 1 is 1.19 bits per heavy atom. The van der Waals surface area contributed by atoms with Gasteiger partial charge in [-0.15, -0.1) is 0 Å². The zero-order valence-corrected chi connectivity index (χ0v) is 12.9. The van der Waals surface area contributed by atoms with Crippen LogP contribution in [0.4, 0.5) is 0 Å². The lowest BCUT2D eigenvalue weighted by atomic mass is 10.2. The van der Waals surface area contributed by atoms with E-state index in [1.165, 1.54) is 19.5 Å². The maximum absolute atomic E-state index is 12.3. The van der Waals surface area contributed by atoms with Crippen molar-refractivity contribution in [2.24, 2.45) is 0 Å². The van der Waals surface area contributed by atoms with Crippen molar-refractivity contribution in [1.29, 1.82) is 0 Å². The van der Waals surface area contributed by atoms with Crippen molar-refractivity contribution < 1.29 is 13.2 Å². The summed E-state index contributed by atoms with van der Waals surface area (Å²) in [7, 11) is -2.22. The van der Waals surface area contributed by atoms with Crippen molar-refractivity contribution in [2.75, 3.05) is 7.11 Å². The molecule has 112 valence electrons. The van der Waals surface area contributed by atoms with Crippen LogP contribution >= 0.6 is 0 Å². The van der Waals surface area contributed by atoms with Crippen LogP contribution in [0.1, 0.15) is 17.0 Å². The molecule has 2 rings (SSSR count). The van der Waals surface area contributed by atoms with Gasteiger partial charge in [0.2, 0.25) is 10.0 Å². The van der Waals surface area contributed by atoms with Gasteiger partial charge in [-0.2, -0.15) is 0 Å². The highest BCUT2D eigenvalue weighted by atomic mass is 32.2. The summed E-state index contributed by atoms with van der Waals surface area (Å²) in [6.45, 7) is 3.79. The van der Waals surface area contributed by atoms with Gasteiger partial charge in [0, 0.05) is 5.69 Å².